The largest absolute Gasteiger partial charge is 0.481 e. The van der Waals surface area contributed by atoms with E-state index in [0.717, 1.165) is 0 Å². The van der Waals surface area contributed by atoms with Crippen LogP contribution in [0.1, 0.15) is 13.8 Å². The van der Waals surface area contributed by atoms with E-state index in [1.165, 1.54) is 0 Å². The van der Waals surface area contributed by atoms with Crippen molar-refractivity contribution in [2.24, 2.45) is 29.6 Å². The summed E-state index contributed by atoms with van der Waals surface area (Å²) in [6.07, 6.45) is 4.29. The second-order valence-electron chi connectivity index (χ2n) is 4.12. The molecule has 1 N–H and O–H groups in total. The van der Waals surface area contributed by atoms with E-state index < -0.39 is 5.97 Å². The fourth-order valence-corrected chi connectivity index (χ4v) is 2.94. The highest BCUT2D eigenvalue weighted by Gasteiger charge is 2.50. The zero-order valence-corrected chi connectivity index (χ0v) is 7.40. The topological polar surface area (TPSA) is 37.3 Å². The molecule has 2 bridgehead atoms. The van der Waals surface area contributed by atoms with Gasteiger partial charge in [-0.05, 0) is 23.7 Å². The molecule has 0 amide bonds. The number of hydrogen-bond acceptors (Lipinski definition) is 1. The molecule has 0 aromatic rings. The fraction of sp³-hybridized carbons (Fsp3) is 0.700. The van der Waals surface area contributed by atoms with E-state index in [2.05, 4.69) is 26.0 Å². The predicted molar refractivity (Wildman–Crippen MR) is 45.6 cm³/mol. The van der Waals surface area contributed by atoms with Crippen LogP contribution in [0.4, 0.5) is 0 Å². The van der Waals surface area contributed by atoms with Gasteiger partial charge in [-0.25, -0.2) is 0 Å². The first-order chi connectivity index (χ1) is 5.63. The van der Waals surface area contributed by atoms with Crippen LogP contribution in [0.3, 0.4) is 0 Å². The Balaban J connectivity index is 2.30. The van der Waals surface area contributed by atoms with E-state index in [4.69, 9.17) is 5.11 Å². The predicted octanol–water partition coefficient (Wildman–Crippen LogP) is 1.78. The van der Waals surface area contributed by atoms with Gasteiger partial charge in [0.25, 0.3) is 0 Å². The van der Waals surface area contributed by atoms with Crippen LogP contribution in [0.25, 0.3) is 0 Å². The highest BCUT2D eigenvalue weighted by Crippen LogP contribution is 2.51. The maximum absolute atomic E-state index is 10.9. The van der Waals surface area contributed by atoms with Crippen LogP contribution in [0, 0.1) is 29.6 Å². The SMILES string of the molecule is CC1C2C=CC1[C@H](C(=O)O)[C@H]2C. The molecular weight excluding hydrogens is 152 g/mol. The molecule has 2 aliphatic rings. The minimum atomic E-state index is -0.619. The van der Waals surface area contributed by atoms with Gasteiger partial charge in [-0.3, -0.25) is 4.79 Å². The smallest absolute Gasteiger partial charge is 0.307 e. The van der Waals surface area contributed by atoms with E-state index >= 15 is 0 Å². The molecule has 2 aliphatic carbocycles. The lowest BCUT2D eigenvalue weighted by molar-refractivity contribution is -0.144. The van der Waals surface area contributed by atoms with Gasteiger partial charge in [-0.2, -0.15) is 0 Å². The Labute approximate surface area is 72.3 Å². The van der Waals surface area contributed by atoms with Crippen LogP contribution in [0.2, 0.25) is 0 Å². The molecule has 0 saturated heterocycles. The summed E-state index contributed by atoms with van der Waals surface area (Å²) >= 11 is 0. The lowest BCUT2D eigenvalue weighted by Gasteiger charge is -2.19. The van der Waals surface area contributed by atoms with Crippen LogP contribution in [0.5, 0.6) is 0 Å². The molecular formula is C10H14O2. The average molecular weight is 166 g/mol. The Kier molecular flexibility index (Phi) is 1.53. The van der Waals surface area contributed by atoms with E-state index in [-0.39, 0.29) is 5.92 Å². The van der Waals surface area contributed by atoms with Crippen molar-refractivity contribution in [3.8, 4) is 0 Å². The molecule has 1 fully saturated rings. The molecule has 0 aliphatic heterocycles. The van der Waals surface area contributed by atoms with E-state index in [1.807, 2.05) is 0 Å². The molecule has 66 valence electrons. The first-order valence-corrected chi connectivity index (χ1v) is 4.54. The monoisotopic (exact) mass is 166 g/mol. The Morgan fingerprint density at radius 3 is 2.08 bits per heavy atom. The normalized spacial score (nSPS) is 50.0. The Morgan fingerprint density at radius 2 is 1.75 bits per heavy atom. The Morgan fingerprint density at radius 1 is 1.17 bits per heavy atom. The number of fused-ring (bicyclic) bond motifs is 2. The molecule has 0 heterocycles. The number of rotatable bonds is 1. The fourth-order valence-electron chi connectivity index (χ4n) is 2.94. The van der Waals surface area contributed by atoms with Gasteiger partial charge in [0.05, 0.1) is 5.92 Å². The average Bonchev–Trinajstić information content (AvgIpc) is 2.43. The van der Waals surface area contributed by atoms with Crippen LogP contribution >= 0.6 is 0 Å². The van der Waals surface area contributed by atoms with Crippen molar-refractivity contribution in [2.75, 3.05) is 0 Å². The second kappa shape index (κ2) is 2.35. The molecule has 2 heteroatoms. The van der Waals surface area contributed by atoms with Gasteiger partial charge < -0.3 is 5.11 Å². The number of carboxylic acids is 1. The van der Waals surface area contributed by atoms with Crippen molar-refractivity contribution < 1.29 is 9.90 Å². The van der Waals surface area contributed by atoms with Crippen molar-refractivity contribution in [1.29, 1.82) is 0 Å². The maximum atomic E-state index is 10.9. The van der Waals surface area contributed by atoms with Gasteiger partial charge in [0.1, 0.15) is 0 Å². The third-order valence-corrected chi connectivity index (χ3v) is 3.64. The van der Waals surface area contributed by atoms with Gasteiger partial charge in [-0.1, -0.05) is 26.0 Å². The molecule has 5 atom stereocenters. The minimum absolute atomic E-state index is 0.130. The third-order valence-electron chi connectivity index (χ3n) is 3.64. The van der Waals surface area contributed by atoms with Gasteiger partial charge in [0.15, 0.2) is 0 Å². The van der Waals surface area contributed by atoms with E-state index in [9.17, 15) is 4.79 Å². The summed E-state index contributed by atoms with van der Waals surface area (Å²) in [6.45, 7) is 4.22. The van der Waals surface area contributed by atoms with Crippen molar-refractivity contribution in [3.05, 3.63) is 12.2 Å². The Hall–Kier alpha value is -0.790. The standard InChI is InChI=1S/C10H14O2/c1-5-7-3-4-8(5)9(6(7)2)10(11)12/h3-9H,1-2H3,(H,11,12)/t5?,6-,7?,8?,9+/m0/s1. The summed E-state index contributed by atoms with van der Waals surface area (Å²) in [5.41, 5.74) is 0. The molecule has 12 heavy (non-hydrogen) atoms. The van der Waals surface area contributed by atoms with Crippen molar-refractivity contribution >= 4 is 5.97 Å². The highest BCUT2D eigenvalue weighted by atomic mass is 16.4. The summed E-state index contributed by atoms with van der Waals surface area (Å²) in [4.78, 5) is 10.9. The second-order valence-corrected chi connectivity index (χ2v) is 4.12. The zero-order valence-electron chi connectivity index (χ0n) is 7.40. The molecule has 2 rings (SSSR count). The molecule has 1 saturated carbocycles. The Bertz CT molecular complexity index is 244. The molecule has 0 aromatic carbocycles. The summed E-state index contributed by atoms with van der Waals surface area (Å²) in [7, 11) is 0. The molecule has 3 unspecified atom stereocenters. The number of allylic oxidation sites excluding steroid dienone is 2. The first-order valence-electron chi connectivity index (χ1n) is 4.54. The summed E-state index contributed by atoms with van der Waals surface area (Å²) < 4.78 is 0. The lowest BCUT2D eigenvalue weighted by atomic mass is 9.85. The summed E-state index contributed by atoms with van der Waals surface area (Å²) in [5.74, 6) is 0.924. The van der Waals surface area contributed by atoms with Crippen molar-refractivity contribution in [1.82, 2.24) is 0 Å². The van der Waals surface area contributed by atoms with Crippen LogP contribution in [-0.4, -0.2) is 11.1 Å². The summed E-state index contributed by atoms with van der Waals surface area (Å²) in [6, 6.07) is 0. The van der Waals surface area contributed by atoms with Crippen LogP contribution < -0.4 is 0 Å². The highest BCUT2D eigenvalue weighted by molar-refractivity contribution is 5.72. The minimum Gasteiger partial charge on any atom is -0.481 e. The van der Waals surface area contributed by atoms with Gasteiger partial charge in [-0.15, -0.1) is 0 Å². The van der Waals surface area contributed by atoms with Crippen LogP contribution in [0.15, 0.2) is 12.2 Å². The molecule has 0 aromatic heterocycles. The molecule has 0 spiro atoms. The maximum Gasteiger partial charge on any atom is 0.307 e. The van der Waals surface area contributed by atoms with Gasteiger partial charge in [0, 0.05) is 0 Å². The number of aliphatic carboxylic acids is 1. The van der Waals surface area contributed by atoms with E-state index in [1.54, 1.807) is 0 Å². The van der Waals surface area contributed by atoms with Crippen molar-refractivity contribution in [3.63, 3.8) is 0 Å². The zero-order chi connectivity index (χ0) is 8.88. The van der Waals surface area contributed by atoms with Gasteiger partial charge in [0.2, 0.25) is 0 Å². The quantitative estimate of drug-likeness (QED) is 0.603. The lowest BCUT2D eigenvalue weighted by Crippen LogP contribution is -2.25. The number of carbonyl (C=O) groups is 1. The van der Waals surface area contributed by atoms with Crippen LogP contribution in [-0.2, 0) is 4.79 Å². The first kappa shape index (κ1) is 7.84. The third kappa shape index (κ3) is 0.780. The van der Waals surface area contributed by atoms with Gasteiger partial charge >= 0.3 is 5.97 Å². The molecule has 2 nitrogen and oxygen atoms in total. The summed E-state index contributed by atoms with van der Waals surface area (Å²) in [5, 5.41) is 8.99. The molecule has 0 radical (unpaired) electrons. The number of hydrogen-bond donors (Lipinski definition) is 1. The van der Waals surface area contributed by atoms with E-state index in [0.29, 0.717) is 23.7 Å². The van der Waals surface area contributed by atoms with Crippen molar-refractivity contribution in [2.45, 2.75) is 13.8 Å². The number of carboxylic acid groups (broad SMARTS) is 1.